The van der Waals surface area contributed by atoms with E-state index >= 15 is 0 Å². The molecule has 1 N–H and O–H groups in total. The molecule has 120 valence electrons. The van der Waals surface area contributed by atoms with Gasteiger partial charge < -0.3 is 10.0 Å². The van der Waals surface area contributed by atoms with E-state index in [9.17, 15) is 9.90 Å². The van der Waals surface area contributed by atoms with E-state index in [-0.39, 0.29) is 18.6 Å². The van der Waals surface area contributed by atoms with Gasteiger partial charge >= 0.3 is 0 Å². The molecule has 3 nitrogen and oxygen atoms in total. The first-order valence-electron chi connectivity index (χ1n) is 7.93. The summed E-state index contributed by atoms with van der Waals surface area (Å²) in [7, 11) is 0. The average Bonchev–Trinajstić information content (AvgIpc) is 2.61. The van der Waals surface area contributed by atoms with Gasteiger partial charge in [0.15, 0.2) is 0 Å². The molecule has 1 atom stereocenters. The van der Waals surface area contributed by atoms with Crippen LogP contribution in [0.1, 0.15) is 24.5 Å². The van der Waals surface area contributed by atoms with E-state index in [1.807, 2.05) is 73.7 Å². The van der Waals surface area contributed by atoms with Gasteiger partial charge in [0, 0.05) is 12.6 Å². The van der Waals surface area contributed by atoms with Crippen molar-refractivity contribution in [3.63, 3.8) is 0 Å². The van der Waals surface area contributed by atoms with Crippen LogP contribution < -0.4 is 0 Å². The molecular formula is C20H23NO2. The van der Waals surface area contributed by atoms with E-state index in [4.69, 9.17) is 0 Å². The predicted octanol–water partition coefficient (Wildman–Crippen LogP) is 3.50. The van der Waals surface area contributed by atoms with Gasteiger partial charge in [0.05, 0.1) is 12.6 Å². The van der Waals surface area contributed by atoms with E-state index in [2.05, 4.69) is 0 Å². The summed E-state index contributed by atoms with van der Waals surface area (Å²) >= 11 is 0. The summed E-state index contributed by atoms with van der Waals surface area (Å²) in [6.45, 7) is 2.44. The number of aliphatic hydroxyl groups is 1. The van der Waals surface area contributed by atoms with Crippen LogP contribution in [0.15, 0.2) is 66.7 Å². The van der Waals surface area contributed by atoms with Crippen LogP contribution in [0.5, 0.6) is 0 Å². The average molecular weight is 309 g/mol. The topological polar surface area (TPSA) is 40.5 Å². The molecular weight excluding hydrogens is 286 g/mol. The number of carbonyl (C=O) groups excluding carboxylic acids is 1. The number of aliphatic hydroxyl groups excluding tert-OH is 1. The third kappa shape index (κ3) is 5.08. The van der Waals surface area contributed by atoms with Gasteiger partial charge in [0.1, 0.15) is 0 Å². The van der Waals surface area contributed by atoms with Gasteiger partial charge in [0.25, 0.3) is 0 Å². The highest BCUT2D eigenvalue weighted by Crippen LogP contribution is 2.12. The lowest BCUT2D eigenvalue weighted by Crippen LogP contribution is -2.40. The van der Waals surface area contributed by atoms with Crippen molar-refractivity contribution >= 4 is 12.0 Å². The summed E-state index contributed by atoms with van der Waals surface area (Å²) in [6, 6.07) is 19.4. The lowest BCUT2D eigenvalue weighted by molar-refractivity contribution is -0.129. The molecule has 0 saturated heterocycles. The fraction of sp³-hybridized carbons (Fsp3) is 0.250. The summed E-state index contributed by atoms with van der Waals surface area (Å²) in [4.78, 5) is 14.3. The second-order valence-corrected chi connectivity index (χ2v) is 5.44. The lowest BCUT2D eigenvalue weighted by Gasteiger charge is -2.29. The molecule has 1 amide bonds. The number of carbonyl (C=O) groups is 1. The van der Waals surface area contributed by atoms with Gasteiger partial charge in [-0.1, -0.05) is 67.6 Å². The van der Waals surface area contributed by atoms with Crippen LogP contribution in [0.4, 0.5) is 0 Å². The molecule has 0 unspecified atom stereocenters. The second-order valence-electron chi connectivity index (χ2n) is 5.44. The van der Waals surface area contributed by atoms with E-state index in [0.29, 0.717) is 13.0 Å². The zero-order valence-electron chi connectivity index (χ0n) is 13.4. The van der Waals surface area contributed by atoms with Crippen LogP contribution in [0.25, 0.3) is 6.08 Å². The van der Waals surface area contributed by atoms with Crippen LogP contribution in [0.3, 0.4) is 0 Å². The maximum Gasteiger partial charge on any atom is 0.247 e. The maximum absolute atomic E-state index is 12.6. The minimum atomic E-state index is -0.178. The van der Waals surface area contributed by atoms with E-state index < -0.39 is 0 Å². The molecule has 0 saturated carbocycles. The van der Waals surface area contributed by atoms with Crippen LogP contribution in [0.2, 0.25) is 0 Å². The smallest absolute Gasteiger partial charge is 0.247 e. The van der Waals surface area contributed by atoms with Gasteiger partial charge in [-0.3, -0.25) is 4.79 Å². The first-order valence-corrected chi connectivity index (χ1v) is 7.93. The molecule has 0 aromatic heterocycles. The van der Waals surface area contributed by atoms with Gasteiger partial charge in [0.2, 0.25) is 5.91 Å². The maximum atomic E-state index is 12.6. The lowest BCUT2D eigenvalue weighted by atomic mass is 10.1. The van der Waals surface area contributed by atoms with E-state index in [1.165, 1.54) is 0 Å². The summed E-state index contributed by atoms with van der Waals surface area (Å²) in [5.41, 5.74) is 2.04. The molecule has 0 fully saturated rings. The third-order valence-electron chi connectivity index (χ3n) is 3.82. The highest BCUT2D eigenvalue weighted by atomic mass is 16.3. The van der Waals surface area contributed by atoms with Crippen LogP contribution in [-0.2, 0) is 11.3 Å². The van der Waals surface area contributed by atoms with Crippen LogP contribution in [0, 0.1) is 0 Å². The standard InChI is InChI=1S/C20H23NO2/c1-2-19(16-22)21(15-18-11-7-4-8-12-18)20(23)14-13-17-9-5-3-6-10-17/h3-14,19,22H,2,15-16H2,1H3/b14-13+/t19-/m1/s1. The quantitative estimate of drug-likeness (QED) is 0.795. The minimum absolute atomic E-state index is 0.0335. The Kier molecular flexibility index (Phi) is 6.57. The zero-order valence-corrected chi connectivity index (χ0v) is 13.4. The van der Waals surface area contributed by atoms with E-state index in [1.54, 1.807) is 11.0 Å². The Morgan fingerprint density at radius 2 is 1.70 bits per heavy atom. The fourth-order valence-electron chi connectivity index (χ4n) is 2.44. The minimum Gasteiger partial charge on any atom is -0.394 e. The largest absolute Gasteiger partial charge is 0.394 e. The molecule has 0 heterocycles. The molecule has 0 radical (unpaired) electrons. The molecule has 2 aromatic rings. The summed E-state index contributed by atoms with van der Waals surface area (Å²) in [5.74, 6) is -0.0846. The van der Waals surface area contributed by atoms with Crippen molar-refractivity contribution in [2.24, 2.45) is 0 Å². The highest BCUT2D eigenvalue weighted by molar-refractivity contribution is 5.92. The SMILES string of the molecule is CC[C@H](CO)N(Cc1ccccc1)C(=O)/C=C/c1ccccc1. The summed E-state index contributed by atoms with van der Waals surface area (Å²) in [5, 5.41) is 9.59. The van der Waals surface area contributed by atoms with Crippen molar-refractivity contribution in [3.05, 3.63) is 77.9 Å². The molecule has 3 heteroatoms. The van der Waals surface area contributed by atoms with Crippen LogP contribution in [-0.4, -0.2) is 28.6 Å². The highest BCUT2D eigenvalue weighted by Gasteiger charge is 2.20. The van der Waals surface area contributed by atoms with Gasteiger partial charge in [-0.2, -0.15) is 0 Å². The monoisotopic (exact) mass is 309 g/mol. The molecule has 2 aromatic carbocycles. The van der Waals surface area contributed by atoms with Crippen molar-refractivity contribution in [2.45, 2.75) is 25.9 Å². The predicted molar refractivity (Wildman–Crippen MR) is 93.6 cm³/mol. The van der Waals surface area contributed by atoms with Crippen molar-refractivity contribution in [1.82, 2.24) is 4.90 Å². The Morgan fingerprint density at radius 1 is 1.09 bits per heavy atom. The normalized spacial score (nSPS) is 12.3. The Morgan fingerprint density at radius 3 is 2.26 bits per heavy atom. The third-order valence-corrected chi connectivity index (χ3v) is 3.82. The van der Waals surface area contributed by atoms with Crippen molar-refractivity contribution in [2.75, 3.05) is 6.61 Å². The zero-order chi connectivity index (χ0) is 16.5. The number of rotatable bonds is 7. The number of hydrogen-bond acceptors (Lipinski definition) is 2. The Bertz CT molecular complexity index is 619. The Balaban J connectivity index is 2.15. The number of benzene rings is 2. The number of nitrogens with zero attached hydrogens (tertiary/aromatic N) is 1. The molecule has 0 aliphatic carbocycles. The Hall–Kier alpha value is -2.39. The summed E-state index contributed by atoms with van der Waals surface area (Å²) < 4.78 is 0. The van der Waals surface area contributed by atoms with Crippen LogP contribution >= 0.6 is 0 Å². The fourth-order valence-corrected chi connectivity index (χ4v) is 2.44. The second kappa shape index (κ2) is 8.91. The van der Waals surface area contributed by atoms with Crippen molar-refractivity contribution in [1.29, 1.82) is 0 Å². The summed E-state index contributed by atoms with van der Waals surface area (Å²) in [6.07, 6.45) is 4.11. The van der Waals surface area contributed by atoms with Crippen molar-refractivity contribution < 1.29 is 9.90 Å². The Labute approximate surface area is 137 Å². The number of hydrogen-bond donors (Lipinski definition) is 1. The van der Waals surface area contributed by atoms with Crippen molar-refractivity contribution in [3.8, 4) is 0 Å². The molecule has 0 bridgehead atoms. The molecule has 23 heavy (non-hydrogen) atoms. The molecule has 0 spiro atoms. The molecule has 2 rings (SSSR count). The van der Waals surface area contributed by atoms with E-state index in [0.717, 1.165) is 11.1 Å². The van der Waals surface area contributed by atoms with Gasteiger partial charge in [-0.05, 0) is 23.6 Å². The molecule has 0 aliphatic heterocycles. The van der Waals surface area contributed by atoms with Gasteiger partial charge in [-0.25, -0.2) is 0 Å². The number of amides is 1. The first-order chi connectivity index (χ1) is 11.2. The first kappa shape index (κ1) is 17.0. The molecule has 0 aliphatic rings. The van der Waals surface area contributed by atoms with Gasteiger partial charge in [-0.15, -0.1) is 0 Å².